The molecule has 27 heavy (non-hydrogen) atoms. The average Bonchev–Trinajstić information content (AvgIpc) is 3.17. The summed E-state index contributed by atoms with van der Waals surface area (Å²) in [5.41, 5.74) is -0.460. The lowest BCUT2D eigenvalue weighted by molar-refractivity contribution is -0.135. The molecule has 1 saturated carbocycles. The zero-order valence-electron chi connectivity index (χ0n) is 17.2. The maximum absolute atomic E-state index is 13.1. The van der Waals surface area contributed by atoms with E-state index in [2.05, 4.69) is 21.3 Å². The minimum absolute atomic E-state index is 0.142. The molecule has 0 aromatic heterocycles. The zero-order valence-corrected chi connectivity index (χ0v) is 17.2. The van der Waals surface area contributed by atoms with E-state index in [1.54, 1.807) is 7.05 Å². The first kappa shape index (κ1) is 21.7. The van der Waals surface area contributed by atoms with Crippen molar-refractivity contribution in [1.29, 1.82) is 0 Å². The van der Waals surface area contributed by atoms with Crippen LogP contribution in [0.3, 0.4) is 0 Å². The summed E-state index contributed by atoms with van der Waals surface area (Å²) in [7, 11) is 1.60. The van der Waals surface area contributed by atoms with Gasteiger partial charge in [-0.3, -0.25) is 14.4 Å². The number of rotatable bonds is 6. The van der Waals surface area contributed by atoms with Gasteiger partial charge in [0.25, 0.3) is 0 Å². The fourth-order valence-corrected chi connectivity index (χ4v) is 4.08. The van der Waals surface area contributed by atoms with Gasteiger partial charge in [0.05, 0.1) is 6.04 Å². The Morgan fingerprint density at radius 2 is 1.59 bits per heavy atom. The molecular weight excluding hydrogens is 344 g/mol. The van der Waals surface area contributed by atoms with Crippen LogP contribution in [0.2, 0.25) is 0 Å². The molecule has 7 heteroatoms. The molecule has 0 radical (unpaired) electrons. The van der Waals surface area contributed by atoms with E-state index in [1.807, 2.05) is 20.8 Å². The Kier molecular flexibility index (Phi) is 7.65. The average molecular weight is 381 g/mol. The molecular formula is C20H36N4O3. The third-order valence-corrected chi connectivity index (χ3v) is 5.74. The van der Waals surface area contributed by atoms with Crippen LogP contribution >= 0.6 is 0 Å². The van der Waals surface area contributed by atoms with Crippen molar-refractivity contribution in [1.82, 2.24) is 21.3 Å². The van der Waals surface area contributed by atoms with Crippen LogP contribution in [0.5, 0.6) is 0 Å². The third-order valence-electron chi connectivity index (χ3n) is 5.74. The van der Waals surface area contributed by atoms with E-state index in [1.165, 1.54) is 6.42 Å². The lowest BCUT2D eigenvalue weighted by Gasteiger charge is -2.35. The molecule has 2 fully saturated rings. The Balaban J connectivity index is 2.09. The molecule has 0 spiro atoms. The van der Waals surface area contributed by atoms with Crippen LogP contribution in [0.25, 0.3) is 0 Å². The van der Waals surface area contributed by atoms with Crippen molar-refractivity contribution in [3.8, 4) is 0 Å². The second-order valence-electron chi connectivity index (χ2n) is 8.96. The number of hydrogen-bond donors (Lipinski definition) is 4. The number of carbonyl (C=O) groups is 3. The van der Waals surface area contributed by atoms with E-state index in [-0.39, 0.29) is 29.7 Å². The van der Waals surface area contributed by atoms with Crippen molar-refractivity contribution in [2.75, 3.05) is 13.6 Å². The van der Waals surface area contributed by atoms with E-state index in [4.69, 9.17) is 0 Å². The molecule has 1 saturated heterocycles. The Bertz CT molecular complexity index is 532. The Morgan fingerprint density at radius 1 is 0.926 bits per heavy atom. The Morgan fingerprint density at radius 3 is 2.11 bits per heavy atom. The van der Waals surface area contributed by atoms with Crippen molar-refractivity contribution in [3.05, 3.63) is 0 Å². The van der Waals surface area contributed by atoms with Crippen molar-refractivity contribution in [2.24, 2.45) is 11.3 Å². The summed E-state index contributed by atoms with van der Waals surface area (Å²) in [5, 5.41) is 11.7. The van der Waals surface area contributed by atoms with Gasteiger partial charge in [-0.05, 0) is 43.6 Å². The van der Waals surface area contributed by atoms with Gasteiger partial charge >= 0.3 is 0 Å². The molecule has 7 nitrogen and oxygen atoms in total. The van der Waals surface area contributed by atoms with E-state index in [0.29, 0.717) is 0 Å². The van der Waals surface area contributed by atoms with Gasteiger partial charge < -0.3 is 21.3 Å². The van der Waals surface area contributed by atoms with Crippen molar-refractivity contribution >= 4 is 17.7 Å². The van der Waals surface area contributed by atoms with E-state index >= 15 is 0 Å². The fourth-order valence-electron chi connectivity index (χ4n) is 4.08. The third kappa shape index (κ3) is 5.92. The molecule has 1 aliphatic carbocycles. The van der Waals surface area contributed by atoms with Gasteiger partial charge in [0.2, 0.25) is 17.7 Å². The predicted molar refractivity (Wildman–Crippen MR) is 105 cm³/mol. The summed E-state index contributed by atoms with van der Waals surface area (Å²) in [4.78, 5) is 38.1. The summed E-state index contributed by atoms with van der Waals surface area (Å²) in [5.74, 6) is -0.438. The Hall–Kier alpha value is -1.63. The molecule has 154 valence electrons. The highest BCUT2D eigenvalue weighted by Crippen LogP contribution is 2.27. The molecule has 2 aliphatic rings. The van der Waals surface area contributed by atoms with Gasteiger partial charge in [0, 0.05) is 7.05 Å². The number of amides is 3. The molecule has 0 aromatic rings. The molecule has 1 aliphatic heterocycles. The molecule has 3 atom stereocenters. The number of hydrogen-bond acceptors (Lipinski definition) is 4. The van der Waals surface area contributed by atoms with Gasteiger partial charge in [-0.15, -0.1) is 0 Å². The first-order valence-electron chi connectivity index (χ1n) is 10.3. The number of carbonyl (C=O) groups excluding carboxylic acids is 3. The highest BCUT2D eigenvalue weighted by molar-refractivity contribution is 5.93. The minimum atomic E-state index is -0.692. The lowest BCUT2D eigenvalue weighted by Crippen LogP contribution is -2.60. The van der Waals surface area contributed by atoms with Crippen molar-refractivity contribution in [3.63, 3.8) is 0 Å². The largest absolute Gasteiger partial charge is 0.357 e. The number of likely N-dealkylation sites (N-methyl/N-ethyl adjacent to an activating group) is 1. The van der Waals surface area contributed by atoms with Gasteiger partial charge in [-0.25, -0.2) is 0 Å². The molecule has 3 amide bonds. The van der Waals surface area contributed by atoms with Gasteiger partial charge in [0.15, 0.2) is 0 Å². The van der Waals surface area contributed by atoms with Crippen LogP contribution in [0, 0.1) is 11.3 Å². The molecule has 1 heterocycles. The number of nitrogens with one attached hydrogen (secondary N) is 4. The van der Waals surface area contributed by atoms with Crippen LogP contribution in [0.1, 0.15) is 65.7 Å². The summed E-state index contributed by atoms with van der Waals surface area (Å²) in [6.07, 6.45) is 6.98. The first-order chi connectivity index (χ1) is 12.7. The smallest absolute Gasteiger partial charge is 0.243 e. The highest BCUT2D eigenvalue weighted by atomic mass is 16.2. The van der Waals surface area contributed by atoms with Crippen LogP contribution in [0.4, 0.5) is 0 Å². The second-order valence-corrected chi connectivity index (χ2v) is 8.96. The zero-order chi connectivity index (χ0) is 20.0. The maximum atomic E-state index is 13.1. The molecule has 0 unspecified atom stereocenters. The topological polar surface area (TPSA) is 99.3 Å². The summed E-state index contributed by atoms with van der Waals surface area (Å²) >= 11 is 0. The van der Waals surface area contributed by atoms with Crippen molar-refractivity contribution < 1.29 is 14.4 Å². The summed E-state index contributed by atoms with van der Waals surface area (Å²) < 4.78 is 0. The van der Waals surface area contributed by atoms with E-state index in [9.17, 15) is 14.4 Å². The predicted octanol–water partition coefficient (Wildman–Crippen LogP) is 1.08. The second kappa shape index (κ2) is 9.53. The van der Waals surface area contributed by atoms with Crippen molar-refractivity contribution in [2.45, 2.75) is 83.8 Å². The fraction of sp³-hybridized carbons (Fsp3) is 0.850. The van der Waals surface area contributed by atoms with Gasteiger partial charge in [0.1, 0.15) is 12.1 Å². The molecule has 4 N–H and O–H groups in total. The van der Waals surface area contributed by atoms with Crippen LogP contribution in [-0.2, 0) is 14.4 Å². The van der Waals surface area contributed by atoms with E-state index < -0.39 is 17.5 Å². The van der Waals surface area contributed by atoms with Gasteiger partial charge in [-0.1, -0.05) is 40.0 Å². The maximum Gasteiger partial charge on any atom is 0.243 e. The minimum Gasteiger partial charge on any atom is -0.357 e. The van der Waals surface area contributed by atoms with Crippen LogP contribution in [0.15, 0.2) is 0 Å². The molecule has 2 rings (SSSR count). The van der Waals surface area contributed by atoms with Gasteiger partial charge in [-0.2, -0.15) is 0 Å². The lowest BCUT2D eigenvalue weighted by atomic mass is 9.82. The normalized spacial score (nSPS) is 23.3. The van der Waals surface area contributed by atoms with E-state index in [0.717, 1.165) is 45.1 Å². The first-order valence-corrected chi connectivity index (χ1v) is 10.3. The van der Waals surface area contributed by atoms with Crippen LogP contribution in [-0.4, -0.2) is 49.4 Å². The Labute approximate surface area is 162 Å². The highest BCUT2D eigenvalue weighted by Gasteiger charge is 2.38. The standard InChI is InChI=1S/C20H36N4O3/c1-20(2,3)16(24-17(25)14-11-8-12-22-14)19(27)23-15(18(26)21-4)13-9-6-5-7-10-13/h13-16,22H,5-12H2,1-4H3,(H,21,26)(H,23,27)(H,24,25)/t14-,15+,16-/m1/s1. The SMILES string of the molecule is CNC(=O)[C@@H](NC(=O)[C@@H](NC(=O)[C@H]1CCCN1)C(C)(C)C)C1CCCCC1. The monoisotopic (exact) mass is 380 g/mol. The van der Waals surface area contributed by atoms with Crippen LogP contribution < -0.4 is 21.3 Å². The quantitative estimate of drug-likeness (QED) is 0.554. The molecule has 0 bridgehead atoms. The summed E-state index contributed by atoms with van der Waals surface area (Å²) in [6.45, 7) is 6.60. The molecule has 0 aromatic carbocycles. The summed E-state index contributed by atoms with van der Waals surface area (Å²) in [6, 6.07) is -1.48.